The van der Waals surface area contributed by atoms with Gasteiger partial charge in [-0.25, -0.2) is 4.57 Å². The fraction of sp³-hybridized carbons (Fsp3) is 0.211. The maximum atomic E-state index is 13.1. The lowest BCUT2D eigenvalue weighted by Gasteiger charge is -2.07. The second kappa shape index (κ2) is 6.35. The third-order valence-electron chi connectivity index (χ3n) is 4.32. The van der Waals surface area contributed by atoms with Crippen LogP contribution >= 0.6 is 23.4 Å². The third-order valence-corrected chi connectivity index (χ3v) is 5.75. The molecule has 0 saturated heterocycles. The van der Waals surface area contributed by atoms with Crippen LogP contribution in [0, 0.1) is 0 Å². The van der Waals surface area contributed by atoms with Gasteiger partial charge in [0.05, 0.1) is 10.8 Å². The summed E-state index contributed by atoms with van der Waals surface area (Å²) < 4.78 is 43.3. The minimum absolute atomic E-state index is 0.356. The quantitative estimate of drug-likeness (QED) is 0.513. The van der Waals surface area contributed by atoms with Gasteiger partial charge in [0.1, 0.15) is 18.4 Å². The van der Waals surface area contributed by atoms with Gasteiger partial charge in [0.15, 0.2) is 5.69 Å². The maximum absolute atomic E-state index is 13.1. The minimum atomic E-state index is -4.36. The Kier molecular flexibility index (Phi) is 4.28. The van der Waals surface area contributed by atoms with Gasteiger partial charge in [0, 0.05) is 10.6 Å². The number of benzene rings is 2. The Balaban J connectivity index is 1.86. The van der Waals surface area contributed by atoms with Crippen molar-refractivity contribution in [3.63, 3.8) is 0 Å². The van der Waals surface area contributed by atoms with Crippen LogP contribution in [-0.4, -0.2) is 9.82 Å². The van der Waals surface area contributed by atoms with Crippen molar-refractivity contribution in [2.75, 3.05) is 0 Å². The molecular weight excluding hydrogens is 381 g/mol. The van der Waals surface area contributed by atoms with Crippen LogP contribution in [0.1, 0.15) is 12.5 Å². The summed E-state index contributed by atoms with van der Waals surface area (Å²) in [5.41, 5.74) is 1.80. The van der Waals surface area contributed by atoms with Crippen molar-refractivity contribution in [3.8, 4) is 16.9 Å². The van der Waals surface area contributed by atoms with Crippen LogP contribution in [-0.2, 0) is 12.7 Å². The molecule has 134 valence electrons. The zero-order valence-electron chi connectivity index (χ0n) is 13.8. The van der Waals surface area contributed by atoms with Crippen LogP contribution in [0.15, 0.2) is 59.9 Å². The van der Waals surface area contributed by atoms with Gasteiger partial charge in [-0.05, 0) is 61.2 Å². The van der Waals surface area contributed by atoms with Gasteiger partial charge in [-0.1, -0.05) is 17.7 Å². The summed E-state index contributed by atoms with van der Waals surface area (Å²) in [7, 11) is 0. The van der Waals surface area contributed by atoms with Gasteiger partial charge in [-0.15, -0.1) is 0 Å². The Morgan fingerprint density at radius 2 is 1.88 bits per heavy atom. The Labute approximate surface area is 158 Å². The van der Waals surface area contributed by atoms with Crippen molar-refractivity contribution < 1.29 is 17.7 Å². The summed E-state index contributed by atoms with van der Waals surface area (Å²) in [4.78, 5) is 0. The molecule has 3 aromatic rings. The fourth-order valence-corrected chi connectivity index (χ4v) is 4.40. The SMILES string of the molecule is CC1C[n+]2c(-c3ccc(Cl)cc3)cn(-c3cccc(C(F)(F)F)c3)c2S1. The molecular formula is C19H15ClF3N2S+. The molecule has 0 bridgehead atoms. The largest absolute Gasteiger partial charge is 0.416 e. The highest BCUT2D eigenvalue weighted by atomic mass is 35.5. The summed E-state index contributed by atoms with van der Waals surface area (Å²) in [5.74, 6) is 0. The molecule has 0 saturated carbocycles. The summed E-state index contributed by atoms with van der Waals surface area (Å²) in [6.45, 7) is 2.92. The molecule has 4 rings (SSSR count). The van der Waals surface area contributed by atoms with Gasteiger partial charge < -0.3 is 0 Å². The molecule has 1 aliphatic rings. The highest BCUT2D eigenvalue weighted by Gasteiger charge is 2.36. The number of fused-ring (bicyclic) bond motifs is 1. The average Bonchev–Trinajstić information content (AvgIpc) is 3.12. The summed E-state index contributed by atoms with van der Waals surface area (Å²) >= 11 is 7.64. The van der Waals surface area contributed by atoms with Crippen molar-refractivity contribution in [2.24, 2.45) is 0 Å². The molecule has 1 atom stereocenters. The van der Waals surface area contributed by atoms with Gasteiger partial charge in [0.2, 0.25) is 0 Å². The number of rotatable bonds is 2. The standard InChI is InChI=1S/C19H15ClF3N2S/c1-12-10-25-17(13-5-7-15(20)8-6-13)11-24(18(25)26-12)16-4-2-3-14(9-16)19(21,22)23/h2-9,11-12H,10H2,1H3/q+1. The van der Waals surface area contributed by atoms with E-state index < -0.39 is 11.7 Å². The van der Waals surface area contributed by atoms with Crippen LogP contribution < -0.4 is 4.57 Å². The Morgan fingerprint density at radius 1 is 1.15 bits per heavy atom. The van der Waals surface area contributed by atoms with Crippen LogP contribution in [0.4, 0.5) is 13.2 Å². The first-order valence-electron chi connectivity index (χ1n) is 8.08. The monoisotopic (exact) mass is 395 g/mol. The van der Waals surface area contributed by atoms with Gasteiger partial charge in [-0.2, -0.15) is 17.7 Å². The summed E-state index contributed by atoms with van der Waals surface area (Å²) in [5, 5.41) is 1.94. The maximum Gasteiger partial charge on any atom is 0.416 e. The van der Waals surface area contributed by atoms with E-state index in [1.54, 1.807) is 17.8 Å². The van der Waals surface area contributed by atoms with E-state index in [0.29, 0.717) is 16.0 Å². The van der Waals surface area contributed by atoms with Crippen LogP contribution in [0.3, 0.4) is 0 Å². The Hall–Kier alpha value is -1.92. The first-order chi connectivity index (χ1) is 12.3. The first-order valence-corrected chi connectivity index (χ1v) is 9.34. The number of halogens is 4. The molecule has 7 heteroatoms. The molecule has 1 aromatic heterocycles. The molecule has 2 heterocycles. The minimum Gasteiger partial charge on any atom is -0.216 e. The third kappa shape index (κ3) is 3.12. The van der Waals surface area contributed by atoms with E-state index in [1.807, 2.05) is 35.0 Å². The van der Waals surface area contributed by atoms with Gasteiger partial charge >= 0.3 is 11.3 Å². The van der Waals surface area contributed by atoms with Crippen LogP contribution in [0.2, 0.25) is 5.02 Å². The molecule has 2 nitrogen and oxygen atoms in total. The van der Waals surface area contributed by atoms with Crippen LogP contribution in [0.25, 0.3) is 16.9 Å². The van der Waals surface area contributed by atoms with Crippen molar-refractivity contribution in [1.82, 2.24) is 4.57 Å². The molecule has 0 spiro atoms. The van der Waals surface area contributed by atoms with Crippen molar-refractivity contribution in [2.45, 2.75) is 30.1 Å². The number of imidazole rings is 1. The van der Waals surface area contributed by atoms with Gasteiger partial charge in [0.25, 0.3) is 0 Å². The lowest BCUT2D eigenvalue weighted by atomic mass is 10.1. The number of thioether (sulfide) groups is 1. The van der Waals surface area contributed by atoms with E-state index in [-0.39, 0.29) is 0 Å². The second-order valence-electron chi connectivity index (χ2n) is 6.26. The molecule has 0 radical (unpaired) electrons. The molecule has 26 heavy (non-hydrogen) atoms. The first kappa shape index (κ1) is 17.5. The molecule has 2 aromatic carbocycles. The number of hydrogen-bond donors (Lipinski definition) is 0. The van der Waals surface area contributed by atoms with E-state index in [2.05, 4.69) is 11.5 Å². The molecule has 0 N–H and O–H groups in total. The van der Waals surface area contributed by atoms with Crippen molar-refractivity contribution >= 4 is 23.4 Å². The number of alkyl halides is 3. The Bertz CT molecular complexity index is 964. The van der Waals surface area contributed by atoms with Crippen LogP contribution in [0.5, 0.6) is 0 Å². The lowest BCUT2D eigenvalue weighted by molar-refractivity contribution is -0.715. The molecule has 1 aliphatic heterocycles. The highest BCUT2D eigenvalue weighted by molar-refractivity contribution is 7.99. The zero-order valence-corrected chi connectivity index (χ0v) is 15.4. The predicted molar refractivity (Wildman–Crippen MR) is 96.7 cm³/mol. The van der Waals surface area contributed by atoms with Crippen molar-refractivity contribution in [1.29, 1.82) is 0 Å². The zero-order chi connectivity index (χ0) is 18.5. The lowest BCUT2D eigenvalue weighted by Crippen LogP contribution is -2.35. The average molecular weight is 396 g/mol. The molecule has 0 fully saturated rings. The predicted octanol–water partition coefficient (Wildman–Crippen LogP) is 5.60. The molecule has 1 unspecified atom stereocenters. The topological polar surface area (TPSA) is 8.81 Å². The number of aromatic nitrogens is 2. The van der Waals surface area contributed by atoms with E-state index in [1.165, 1.54) is 12.1 Å². The number of hydrogen-bond acceptors (Lipinski definition) is 1. The van der Waals surface area contributed by atoms with E-state index in [0.717, 1.165) is 29.0 Å². The fourth-order valence-electron chi connectivity index (χ4n) is 3.12. The van der Waals surface area contributed by atoms with E-state index >= 15 is 0 Å². The van der Waals surface area contributed by atoms with Crippen molar-refractivity contribution in [3.05, 3.63) is 65.3 Å². The summed E-state index contributed by atoms with van der Waals surface area (Å²) in [6.07, 6.45) is -2.47. The molecule has 0 amide bonds. The van der Waals surface area contributed by atoms with E-state index in [4.69, 9.17) is 11.6 Å². The normalized spacial score (nSPS) is 16.7. The highest BCUT2D eigenvalue weighted by Crippen LogP contribution is 2.35. The molecule has 0 aliphatic carbocycles. The summed E-state index contributed by atoms with van der Waals surface area (Å²) in [6, 6.07) is 12.9. The smallest absolute Gasteiger partial charge is 0.216 e. The van der Waals surface area contributed by atoms with E-state index in [9.17, 15) is 13.2 Å². The Morgan fingerprint density at radius 3 is 2.58 bits per heavy atom. The van der Waals surface area contributed by atoms with Gasteiger partial charge in [-0.3, -0.25) is 0 Å². The second-order valence-corrected chi connectivity index (χ2v) is 8.10. The number of nitrogens with zero attached hydrogens (tertiary/aromatic N) is 2.